The number of hydrogen-bond acceptors (Lipinski definition) is 3. The van der Waals surface area contributed by atoms with E-state index in [0.717, 1.165) is 5.70 Å². The molecule has 21 heavy (non-hydrogen) atoms. The molecule has 1 unspecified atom stereocenters. The average molecular weight is 283 g/mol. The van der Waals surface area contributed by atoms with E-state index in [9.17, 15) is 9.59 Å². The lowest BCUT2D eigenvalue weighted by atomic mass is 9.95. The van der Waals surface area contributed by atoms with Gasteiger partial charge in [0.1, 0.15) is 0 Å². The Hall–Kier alpha value is -2.69. The van der Waals surface area contributed by atoms with Gasteiger partial charge in [0.15, 0.2) is 0 Å². The van der Waals surface area contributed by atoms with Crippen LogP contribution in [0.1, 0.15) is 24.5 Å². The largest absolute Gasteiger partial charge is 0.306 e. The summed E-state index contributed by atoms with van der Waals surface area (Å²) < 4.78 is 1.81. The Morgan fingerprint density at radius 2 is 2.19 bits per heavy atom. The molecule has 0 saturated carbocycles. The van der Waals surface area contributed by atoms with Crippen molar-refractivity contribution in [2.24, 2.45) is 0 Å². The molecule has 0 aromatic carbocycles. The van der Waals surface area contributed by atoms with Gasteiger partial charge < -0.3 is 4.57 Å². The SMILES string of the molecule is C=C/C=C\C(=C/C=C)n1cnc(C2CCC(=O)NC2=O)c1. The van der Waals surface area contributed by atoms with Gasteiger partial charge >= 0.3 is 0 Å². The summed E-state index contributed by atoms with van der Waals surface area (Å²) in [5.74, 6) is -0.887. The Morgan fingerprint density at radius 1 is 1.38 bits per heavy atom. The van der Waals surface area contributed by atoms with Crippen molar-refractivity contribution in [3.8, 4) is 0 Å². The minimum atomic E-state index is -0.377. The molecule has 1 atom stereocenters. The van der Waals surface area contributed by atoms with Gasteiger partial charge in [-0.3, -0.25) is 14.9 Å². The van der Waals surface area contributed by atoms with Gasteiger partial charge in [-0.2, -0.15) is 0 Å². The second-order valence-corrected chi connectivity index (χ2v) is 4.63. The molecule has 0 spiro atoms. The predicted octanol–water partition coefficient (Wildman–Crippen LogP) is 2.17. The number of aromatic nitrogens is 2. The monoisotopic (exact) mass is 283 g/mol. The molecule has 1 aromatic heterocycles. The number of allylic oxidation sites excluding steroid dienone is 6. The molecule has 2 amide bonds. The first-order valence-corrected chi connectivity index (χ1v) is 6.65. The lowest BCUT2D eigenvalue weighted by Crippen LogP contribution is -2.39. The third-order valence-electron chi connectivity index (χ3n) is 3.19. The van der Waals surface area contributed by atoms with Gasteiger partial charge in [0.05, 0.1) is 17.9 Å². The smallest absolute Gasteiger partial charge is 0.235 e. The summed E-state index contributed by atoms with van der Waals surface area (Å²) in [7, 11) is 0. The number of imidazole rings is 1. The van der Waals surface area contributed by atoms with Crippen LogP contribution in [-0.2, 0) is 9.59 Å². The quantitative estimate of drug-likeness (QED) is 0.665. The van der Waals surface area contributed by atoms with Gasteiger partial charge in [-0.05, 0) is 18.6 Å². The van der Waals surface area contributed by atoms with Crippen molar-refractivity contribution < 1.29 is 9.59 Å². The fourth-order valence-electron chi connectivity index (χ4n) is 2.15. The summed E-state index contributed by atoms with van der Waals surface area (Å²) in [6.07, 6.45) is 13.1. The molecule has 1 aliphatic heterocycles. The van der Waals surface area contributed by atoms with Crippen LogP contribution in [0.4, 0.5) is 0 Å². The molecule has 1 saturated heterocycles. The van der Waals surface area contributed by atoms with E-state index in [1.807, 2.05) is 12.2 Å². The van der Waals surface area contributed by atoms with Crippen LogP contribution in [0, 0.1) is 0 Å². The summed E-state index contributed by atoms with van der Waals surface area (Å²) in [6, 6.07) is 0. The first kappa shape index (κ1) is 14.7. The maximum absolute atomic E-state index is 11.8. The van der Waals surface area contributed by atoms with Crippen molar-refractivity contribution >= 4 is 17.5 Å². The molecule has 5 heteroatoms. The van der Waals surface area contributed by atoms with Crippen LogP contribution in [0.3, 0.4) is 0 Å². The molecule has 1 N–H and O–H groups in total. The molecule has 1 aromatic rings. The third kappa shape index (κ3) is 3.45. The number of carbonyl (C=O) groups excluding carboxylic acids is 2. The predicted molar refractivity (Wildman–Crippen MR) is 81.2 cm³/mol. The molecule has 0 radical (unpaired) electrons. The fourth-order valence-corrected chi connectivity index (χ4v) is 2.15. The summed E-state index contributed by atoms with van der Waals surface area (Å²) >= 11 is 0. The molecule has 108 valence electrons. The highest BCUT2D eigenvalue weighted by Gasteiger charge is 2.29. The summed E-state index contributed by atoms with van der Waals surface area (Å²) in [4.78, 5) is 27.3. The van der Waals surface area contributed by atoms with E-state index in [-0.39, 0.29) is 17.7 Å². The van der Waals surface area contributed by atoms with Crippen LogP contribution >= 0.6 is 0 Å². The standard InChI is InChI=1S/C16H17N3O2/c1-3-5-7-12(6-4-2)19-10-14(17-11-19)13-8-9-15(20)18-16(13)21/h3-7,10-11,13H,1-2,8-9H2,(H,18,20,21)/b7-5-,12-6+. The van der Waals surface area contributed by atoms with Crippen molar-refractivity contribution in [3.63, 3.8) is 0 Å². The zero-order valence-corrected chi connectivity index (χ0v) is 11.7. The highest BCUT2D eigenvalue weighted by atomic mass is 16.2. The minimum Gasteiger partial charge on any atom is -0.306 e. The Morgan fingerprint density at radius 3 is 2.86 bits per heavy atom. The topological polar surface area (TPSA) is 64.0 Å². The van der Waals surface area contributed by atoms with Gasteiger partial charge in [0, 0.05) is 18.3 Å². The number of nitrogens with zero attached hydrogens (tertiary/aromatic N) is 2. The van der Waals surface area contributed by atoms with Crippen molar-refractivity contribution in [2.45, 2.75) is 18.8 Å². The molecular weight excluding hydrogens is 266 g/mol. The zero-order valence-electron chi connectivity index (χ0n) is 11.7. The Bertz CT molecular complexity index is 638. The normalized spacial score (nSPS) is 19.6. The van der Waals surface area contributed by atoms with Gasteiger partial charge in [-0.1, -0.05) is 31.4 Å². The van der Waals surface area contributed by atoms with Crippen LogP contribution in [0.15, 0.2) is 56.1 Å². The maximum atomic E-state index is 11.8. The Labute approximate surface area is 123 Å². The number of carbonyl (C=O) groups is 2. The first-order chi connectivity index (χ1) is 10.2. The number of nitrogens with one attached hydrogen (secondary N) is 1. The first-order valence-electron chi connectivity index (χ1n) is 6.65. The maximum Gasteiger partial charge on any atom is 0.235 e. The number of imide groups is 1. The van der Waals surface area contributed by atoms with Crippen molar-refractivity contribution in [2.75, 3.05) is 0 Å². The van der Waals surface area contributed by atoms with Gasteiger partial charge in [-0.15, -0.1) is 0 Å². The number of piperidine rings is 1. The molecule has 2 rings (SSSR count). The van der Waals surface area contributed by atoms with E-state index in [1.54, 1.807) is 35.3 Å². The molecule has 1 aliphatic rings. The highest BCUT2D eigenvalue weighted by molar-refractivity contribution is 6.00. The van der Waals surface area contributed by atoms with E-state index >= 15 is 0 Å². The second-order valence-electron chi connectivity index (χ2n) is 4.63. The molecule has 5 nitrogen and oxygen atoms in total. The summed E-state index contributed by atoms with van der Waals surface area (Å²) in [6.45, 7) is 7.31. The fraction of sp³-hybridized carbons (Fsp3) is 0.188. The molecule has 2 heterocycles. The number of amides is 2. The zero-order chi connectivity index (χ0) is 15.2. The summed E-state index contributed by atoms with van der Waals surface area (Å²) in [5, 5.41) is 2.34. The molecular formula is C16H17N3O2. The van der Waals surface area contributed by atoms with Crippen molar-refractivity contribution in [1.29, 1.82) is 0 Å². The minimum absolute atomic E-state index is 0.225. The van der Waals surface area contributed by atoms with E-state index in [2.05, 4.69) is 23.5 Å². The summed E-state index contributed by atoms with van der Waals surface area (Å²) in [5.41, 5.74) is 1.51. The van der Waals surface area contributed by atoms with Gasteiger partial charge in [0.2, 0.25) is 11.8 Å². The van der Waals surface area contributed by atoms with Crippen molar-refractivity contribution in [1.82, 2.24) is 14.9 Å². The molecule has 1 fully saturated rings. The van der Waals surface area contributed by atoms with Crippen LogP contribution in [0.25, 0.3) is 5.70 Å². The van der Waals surface area contributed by atoms with Crippen LogP contribution < -0.4 is 5.32 Å². The van der Waals surface area contributed by atoms with Crippen LogP contribution in [0.5, 0.6) is 0 Å². The van der Waals surface area contributed by atoms with Gasteiger partial charge in [-0.25, -0.2) is 4.98 Å². The third-order valence-corrected chi connectivity index (χ3v) is 3.19. The van der Waals surface area contributed by atoms with Crippen LogP contribution in [-0.4, -0.2) is 21.4 Å². The average Bonchev–Trinajstić information content (AvgIpc) is 2.93. The van der Waals surface area contributed by atoms with Gasteiger partial charge in [0.25, 0.3) is 0 Å². The number of rotatable bonds is 5. The Balaban J connectivity index is 2.24. The Kier molecular flexibility index (Phi) is 4.66. The van der Waals surface area contributed by atoms with E-state index in [1.165, 1.54) is 0 Å². The molecule has 0 aliphatic carbocycles. The number of hydrogen-bond donors (Lipinski definition) is 1. The molecule has 0 bridgehead atoms. The van der Waals surface area contributed by atoms with Crippen molar-refractivity contribution in [3.05, 3.63) is 61.8 Å². The lowest BCUT2D eigenvalue weighted by molar-refractivity contribution is -0.134. The van der Waals surface area contributed by atoms with Crippen LogP contribution in [0.2, 0.25) is 0 Å². The lowest BCUT2D eigenvalue weighted by Gasteiger charge is -2.18. The second kappa shape index (κ2) is 6.65. The van der Waals surface area contributed by atoms with E-state index in [4.69, 9.17) is 0 Å². The highest BCUT2D eigenvalue weighted by Crippen LogP contribution is 2.24. The van der Waals surface area contributed by atoms with E-state index in [0.29, 0.717) is 18.5 Å². The van der Waals surface area contributed by atoms with E-state index < -0.39 is 0 Å².